The van der Waals surface area contributed by atoms with Gasteiger partial charge in [0.05, 0.1) is 39.9 Å². The number of phosphoric ester groups is 1. The number of aliphatic hydroxyl groups excluding tert-OH is 1. The van der Waals surface area contributed by atoms with E-state index in [0.29, 0.717) is 23.9 Å². The molecule has 0 heterocycles. The summed E-state index contributed by atoms with van der Waals surface area (Å²) in [5, 5.41) is 13.9. The second-order valence-corrected chi connectivity index (χ2v) is 21.4. The van der Waals surface area contributed by atoms with Gasteiger partial charge in [-0.25, -0.2) is 0 Å². The van der Waals surface area contributed by atoms with Crippen molar-refractivity contribution in [1.82, 2.24) is 5.32 Å². The molecule has 0 aliphatic rings. The molecule has 2 N–H and O–H groups in total. The molecule has 0 spiro atoms. The third-order valence-corrected chi connectivity index (χ3v) is 13.6. The van der Waals surface area contributed by atoms with E-state index in [0.717, 1.165) is 38.5 Å². The summed E-state index contributed by atoms with van der Waals surface area (Å²) in [6.07, 6.45) is 51.3. The van der Waals surface area contributed by atoms with Crippen molar-refractivity contribution in [2.45, 2.75) is 289 Å². The SMILES string of the molecule is CCCCCCCCCCCCCCCCCCCCCCCCCCCCCC(=O)NC(COP(=O)([O-])OCC[N+](C)(C)C)C(O)CCCCCCCCCCCCCC. The van der Waals surface area contributed by atoms with E-state index in [-0.39, 0.29) is 19.1 Å². The second kappa shape index (κ2) is 44.7. The Labute approximate surface area is 380 Å². The molecule has 0 aromatic heterocycles. The molecule has 9 heteroatoms. The molecule has 366 valence electrons. The maximum Gasteiger partial charge on any atom is 0.268 e. The Morgan fingerprint density at radius 3 is 1.11 bits per heavy atom. The number of carbonyl (C=O) groups is 1. The molecular weight excluding hydrogens is 780 g/mol. The van der Waals surface area contributed by atoms with Crippen molar-refractivity contribution >= 4 is 13.7 Å². The minimum Gasteiger partial charge on any atom is -0.756 e. The molecular formula is C52H107N2O6P. The van der Waals surface area contributed by atoms with Gasteiger partial charge in [0.2, 0.25) is 5.91 Å². The Kier molecular flexibility index (Phi) is 44.3. The van der Waals surface area contributed by atoms with Gasteiger partial charge < -0.3 is 28.8 Å². The van der Waals surface area contributed by atoms with Crippen LogP contribution in [0.4, 0.5) is 0 Å². The van der Waals surface area contributed by atoms with Crippen molar-refractivity contribution in [2.24, 2.45) is 0 Å². The molecule has 61 heavy (non-hydrogen) atoms. The lowest BCUT2D eigenvalue weighted by Crippen LogP contribution is -2.46. The van der Waals surface area contributed by atoms with Gasteiger partial charge in [-0.15, -0.1) is 0 Å². The van der Waals surface area contributed by atoms with Crippen LogP contribution in [-0.2, 0) is 18.4 Å². The first-order chi connectivity index (χ1) is 29.5. The number of quaternary nitrogens is 1. The van der Waals surface area contributed by atoms with E-state index in [2.05, 4.69) is 19.2 Å². The summed E-state index contributed by atoms with van der Waals surface area (Å²) in [6, 6.07) is -0.793. The summed E-state index contributed by atoms with van der Waals surface area (Å²) in [6.45, 7) is 4.75. The fourth-order valence-corrected chi connectivity index (χ4v) is 9.06. The lowest BCUT2D eigenvalue weighted by Gasteiger charge is -2.30. The minimum atomic E-state index is -4.56. The van der Waals surface area contributed by atoms with E-state index >= 15 is 0 Å². The predicted molar refractivity (Wildman–Crippen MR) is 261 cm³/mol. The molecule has 3 atom stereocenters. The Balaban J connectivity index is 4.03. The molecule has 3 unspecified atom stereocenters. The molecule has 0 aliphatic carbocycles. The van der Waals surface area contributed by atoms with Gasteiger partial charge in [0.1, 0.15) is 13.2 Å². The number of likely N-dealkylation sites (N-methyl/N-ethyl adjacent to an activating group) is 1. The molecule has 0 aromatic carbocycles. The molecule has 0 rings (SSSR count). The molecule has 0 aromatic rings. The van der Waals surface area contributed by atoms with Crippen LogP contribution in [0.5, 0.6) is 0 Å². The maximum atomic E-state index is 12.9. The molecule has 0 aliphatic heterocycles. The molecule has 0 saturated heterocycles. The lowest BCUT2D eigenvalue weighted by atomic mass is 10.0. The van der Waals surface area contributed by atoms with E-state index in [1.807, 2.05) is 21.1 Å². The number of nitrogens with one attached hydrogen (secondary N) is 1. The van der Waals surface area contributed by atoms with Crippen molar-refractivity contribution in [1.29, 1.82) is 0 Å². The molecule has 0 radical (unpaired) electrons. The first kappa shape index (κ1) is 60.5. The Morgan fingerprint density at radius 2 is 0.803 bits per heavy atom. The summed E-state index contributed by atoms with van der Waals surface area (Å²) in [5.74, 6) is -0.159. The van der Waals surface area contributed by atoms with Gasteiger partial charge in [0.15, 0.2) is 0 Å². The topological polar surface area (TPSA) is 108 Å². The van der Waals surface area contributed by atoms with Gasteiger partial charge >= 0.3 is 0 Å². The summed E-state index contributed by atoms with van der Waals surface area (Å²) < 4.78 is 23.3. The minimum absolute atomic E-state index is 0.0162. The smallest absolute Gasteiger partial charge is 0.268 e. The molecule has 0 saturated carbocycles. The summed E-state index contributed by atoms with van der Waals surface area (Å²) >= 11 is 0. The van der Waals surface area contributed by atoms with Gasteiger partial charge in [-0.2, -0.15) is 0 Å². The zero-order valence-electron chi connectivity index (χ0n) is 41.7. The van der Waals surface area contributed by atoms with Crippen molar-refractivity contribution in [3.8, 4) is 0 Å². The standard InChI is InChI=1S/C52H107N2O6P/c1-6-8-10-12-14-16-18-20-21-22-23-24-25-26-27-28-29-30-31-32-33-34-36-38-40-42-44-46-52(56)53-50(49-60-61(57,58)59-48-47-54(3,4)5)51(55)45-43-41-39-37-35-19-17-15-13-11-9-7-2/h50-51,55H,6-49H2,1-5H3,(H-,53,56,57,58). The van der Waals surface area contributed by atoms with Crippen LogP contribution < -0.4 is 10.2 Å². The average molecular weight is 887 g/mol. The molecule has 1 amide bonds. The molecule has 0 bridgehead atoms. The number of nitrogens with zero attached hydrogens (tertiary/aromatic N) is 1. The van der Waals surface area contributed by atoms with E-state index in [4.69, 9.17) is 9.05 Å². The van der Waals surface area contributed by atoms with Gasteiger partial charge in [-0.3, -0.25) is 9.36 Å². The maximum absolute atomic E-state index is 12.9. The Hall–Kier alpha value is -0.500. The van der Waals surface area contributed by atoms with E-state index < -0.39 is 20.0 Å². The quantitative estimate of drug-likeness (QED) is 0.0358. The van der Waals surface area contributed by atoms with Crippen molar-refractivity contribution in [3.05, 3.63) is 0 Å². The van der Waals surface area contributed by atoms with Crippen LogP contribution in [0.15, 0.2) is 0 Å². The fraction of sp³-hybridized carbons (Fsp3) is 0.981. The van der Waals surface area contributed by atoms with Crippen molar-refractivity contribution in [3.63, 3.8) is 0 Å². The number of amides is 1. The highest BCUT2D eigenvalue weighted by atomic mass is 31.2. The first-order valence-electron chi connectivity index (χ1n) is 26.9. The van der Waals surface area contributed by atoms with Crippen LogP contribution in [0.2, 0.25) is 0 Å². The van der Waals surface area contributed by atoms with Gasteiger partial charge in [0.25, 0.3) is 7.82 Å². The number of aliphatic hydroxyl groups is 1. The fourth-order valence-electron chi connectivity index (χ4n) is 8.34. The zero-order valence-corrected chi connectivity index (χ0v) is 42.5. The zero-order chi connectivity index (χ0) is 45.0. The number of rotatable bonds is 50. The number of unbranched alkanes of at least 4 members (excludes halogenated alkanes) is 37. The Morgan fingerprint density at radius 1 is 0.508 bits per heavy atom. The van der Waals surface area contributed by atoms with Gasteiger partial charge in [-0.05, 0) is 12.8 Å². The second-order valence-electron chi connectivity index (χ2n) is 20.0. The van der Waals surface area contributed by atoms with Crippen LogP contribution in [0, 0.1) is 0 Å². The van der Waals surface area contributed by atoms with Crippen LogP contribution in [0.25, 0.3) is 0 Å². The van der Waals surface area contributed by atoms with Crippen LogP contribution in [0.1, 0.15) is 277 Å². The third-order valence-electron chi connectivity index (χ3n) is 12.6. The third kappa shape index (κ3) is 47.3. The first-order valence-corrected chi connectivity index (χ1v) is 28.3. The van der Waals surface area contributed by atoms with Crippen LogP contribution in [0.3, 0.4) is 0 Å². The highest BCUT2D eigenvalue weighted by molar-refractivity contribution is 7.45. The lowest BCUT2D eigenvalue weighted by molar-refractivity contribution is -0.870. The largest absolute Gasteiger partial charge is 0.756 e. The number of carbonyl (C=O) groups excluding carboxylic acids is 1. The van der Waals surface area contributed by atoms with Gasteiger partial charge in [0, 0.05) is 6.42 Å². The number of phosphoric acid groups is 1. The van der Waals surface area contributed by atoms with E-state index in [9.17, 15) is 19.4 Å². The van der Waals surface area contributed by atoms with Crippen LogP contribution in [-0.4, -0.2) is 68.5 Å². The number of hydrogen-bond acceptors (Lipinski definition) is 6. The van der Waals surface area contributed by atoms with Crippen LogP contribution >= 0.6 is 7.82 Å². The monoisotopic (exact) mass is 887 g/mol. The summed E-state index contributed by atoms with van der Waals surface area (Å²) in [4.78, 5) is 25.4. The normalized spacial score (nSPS) is 14.0. The van der Waals surface area contributed by atoms with Gasteiger partial charge in [-0.1, -0.05) is 258 Å². The summed E-state index contributed by atoms with van der Waals surface area (Å²) in [7, 11) is 1.32. The van der Waals surface area contributed by atoms with E-state index in [1.54, 1.807) is 0 Å². The molecule has 0 fully saturated rings. The van der Waals surface area contributed by atoms with E-state index in [1.165, 1.54) is 212 Å². The highest BCUT2D eigenvalue weighted by Gasteiger charge is 2.24. The number of hydrogen-bond donors (Lipinski definition) is 2. The van der Waals surface area contributed by atoms with Crippen molar-refractivity contribution in [2.75, 3.05) is 40.9 Å². The molecule has 8 nitrogen and oxygen atoms in total. The highest BCUT2D eigenvalue weighted by Crippen LogP contribution is 2.38. The average Bonchev–Trinajstić information content (AvgIpc) is 3.21. The Bertz CT molecular complexity index is 963. The predicted octanol–water partition coefficient (Wildman–Crippen LogP) is 15.1. The summed E-state index contributed by atoms with van der Waals surface area (Å²) in [5.41, 5.74) is 0. The van der Waals surface area contributed by atoms with Crippen molar-refractivity contribution < 1.29 is 32.9 Å².